The summed E-state index contributed by atoms with van der Waals surface area (Å²) in [7, 11) is -3.31. The van der Waals surface area contributed by atoms with Gasteiger partial charge in [0.15, 0.2) is 0 Å². The third-order valence-electron chi connectivity index (χ3n) is 3.29. The van der Waals surface area contributed by atoms with Crippen LogP contribution >= 0.6 is 0 Å². The van der Waals surface area contributed by atoms with E-state index in [1.807, 2.05) is 12.1 Å². The van der Waals surface area contributed by atoms with Crippen LogP contribution in [0.5, 0.6) is 5.75 Å². The summed E-state index contributed by atoms with van der Waals surface area (Å²) >= 11 is 0. The van der Waals surface area contributed by atoms with Crippen LogP contribution in [-0.2, 0) is 15.4 Å². The van der Waals surface area contributed by atoms with Gasteiger partial charge in [0.2, 0.25) is 10.0 Å². The second kappa shape index (κ2) is 7.80. The Labute approximate surface area is 128 Å². The standard InChI is InChI=1S/C16H27NO3S/c1-16(2,3)14-9-8-10-15(13-14)20-11-6-4-5-7-12-21(17,18)19/h8-10,13H,4-7,11-12H2,1-3H3,(H2,17,18,19). The fourth-order valence-electron chi connectivity index (χ4n) is 2.00. The molecule has 1 rings (SSSR count). The molecule has 0 saturated heterocycles. The SMILES string of the molecule is CC(C)(C)c1cccc(OCCCCCCS(N)(=O)=O)c1. The zero-order chi connectivity index (χ0) is 15.9. The van der Waals surface area contributed by atoms with Gasteiger partial charge in [-0.1, -0.05) is 45.7 Å². The lowest BCUT2D eigenvalue weighted by molar-refractivity contribution is 0.304. The Morgan fingerprint density at radius 2 is 1.76 bits per heavy atom. The molecule has 0 radical (unpaired) electrons. The first-order valence-corrected chi connectivity index (χ1v) is 9.14. The number of benzene rings is 1. The van der Waals surface area contributed by atoms with Gasteiger partial charge in [-0.2, -0.15) is 0 Å². The van der Waals surface area contributed by atoms with E-state index >= 15 is 0 Å². The molecule has 1 aromatic rings. The third-order valence-corrected chi connectivity index (χ3v) is 4.15. The summed E-state index contributed by atoms with van der Waals surface area (Å²) in [5.41, 5.74) is 1.38. The number of ether oxygens (including phenoxy) is 1. The van der Waals surface area contributed by atoms with E-state index in [0.717, 1.165) is 25.0 Å². The largest absolute Gasteiger partial charge is 0.494 e. The minimum absolute atomic E-state index is 0.0709. The number of nitrogens with two attached hydrogens (primary N) is 1. The van der Waals surface area contributed by atoms with Gasteiger partial charge in [-0.05, 0) is 36.0 Å². The first kappa shape index (κ1) is 18.0. The van der Waals surface area contributed by atoms with Crippen molar-refractivity contribution in [1.82, 2.24) is 0 Å². The van der Waals surface area contributed by atoms with E-state index in [0.29, 0.717) is 13.0 Å². The molecule has 1 aromatic carbocycles. The maximum atomic E-state index is 10.8. The molecule has 0 bridgehead atoms. The van der Waals surface area contributed by atoms with Crippen LogP contribution in [0.15, 0.2) is 24.3 Å². The van der Waals surface area contributed by atoms with Crippen molar-refractivity contribution in [2.24, 2.45) is 5.14 Å². The Bertz CT molecular complexity index is 533. The van der Waals surface area contributed by atoms with Crippen molar-refractivity contribution in [3.63, 3.8) is 0 Å². The molecule has 0 aliphatic carbocycles. The molecule has 2 N–H and O–H groups in total. The lowest BCUT2D eigenvalue weighted by atomic mass is 9.87. The van der Waals surface area contributed by atoms with Gasteiger partial charge >= 0.3 is 0 Å². The van der Waals surface area contributed by atoms with Crippen molar-refractivity contribution in [3.8, 4) is 5.75 Å². The quantitative estimate of drug-likeness (QED) is 0.749. The average Bonchev–Trinajstić information content (AvgIpc) is 2.35. The molecule has 0 heterocycles. The van der Waals surface area contributed by atoms with Crippen LogP contribution in [0.4, 0.5) is 0 Å². The molecule has 0 fully saturated rings. The molecule has 0 aromatic heterocycles. The highest BCUT2D eigenvalue weighted by molar-refractivity contribution is 7.89. The zero-order valence-electron chi connectivity index (χ0n) is 13.3. The molecule has 21 heavy (non-hydrogen) atoms. The monoisotopic (exact) mass is 313 g/mol. The predicted molar refractivity (Wildman–Crippen MR) is 87.1 cm³/mol. The van der Waals surface area contributed by atoms with Crippen LogP contribution in [-0.4, -0.2) is 20.8 Å². The first-order valence-electron chi connectivity index (χ1n) is 7.42. The maximum absolute atomic E-state index is 10.8. The van der Waals surface area contributed by atoms with Crippen LogP contribution < -0.4 is 9.88 Å². The molecular formula is C16H27NO3S. The van der Waals surface area contributed by atoms with Gasteiger partial charge in [-0.15, -0.1) is 0 Å². The Morgan fingerprint density at radius 3 is 2.38 bits per heavy atom. The van der Waals surface area contributed by atoms with Crippen LogP contribution in [0.3, 0.4) is 0 Å². The maximum Gasteiger partial charge on any atom is 0.209 e. The summed E-state index contributed by atoms with van der Waals surface area (Å²) in [6.45, 7) is 7.19. The molecule has 120 valence electrons. The molecule has 0 amide bonds. The number of hydrogen-bond acceptors (Lipinski definition) is 3. The summed E-state index contributed by atoms with van der Waals surface area (Å²) in [5.74, 6) is 0.966. The number of sulfonamides is 1. The van der Waals surface area contributed by atoms with Crippen molar-refractivity contribution < 1.29 is 13.2 Å². The molecule has 0 aliphatic rings. The molecule has 4 nitrogen and oxygen atoms in total. The zero-order valence-corrected chi connectivity index (χ0v) is 14.1. The number of hydrogen-bond donors (Lipinski definition) is 1. The summed E-state index contributed by atoms with van der Waals surface area (Å²) in [6.07, 6.45) is 3.36. The van der Waals surface area contributed by atoms with Gasteiger partial charge in [0, 0.05) is 0 Å². The molecule has 0 aliphatic heterocycles. The van der Waals surface area contributed by atoms with Crippen molar-refractivity contribution >= 4 is 10.0 Å². The van der Waals surface area contributed by atoms with Gasteiger partial charge in [-0.25, -0.2) is 13.6 Å². The van der Waals surface area contributed by atoms with E-state index in [9.17, 15) is 8.42 Å². The molecule has 0 spiro atoms. The van der Waals surface area contributed by atoms with E-state index in [1.165, 1.54) is 5.56 Å². The summed E-state index contributed by atoms with van der Waals surface area (Å²) in [5, 5.41) is 4.95. The fraction of sp³-hybridized carbons (Fsp3) is 0.625. The van der Waals surface area contributed by atoms with Crippen LogP contribution in [0.2, 0.25) is 0 Å². The highest BCUT2D eigenvalue weighted by Crippen LogP contribution is 2.25. The highest BCUT2D eigenvalue weighted by atomic mass is 32.2. The van der Waals surface area contributed by atoms with Crippen molar-refractivity contribution in [1.29, 1.82) is 0 Å². The smallest absolute Gasteiger partial charge is 0.209 e. The molecule has 0 unspecified atom stereocenters. The Morgan fingerprint density at radius 1 is 1.10 bits per heavy atom. The van der Waals surface area contributed by atoms with Crippen molar-refractivity contribution in [2.75, 3.05) is 12.4 Å². The highest BCUT2D eigenvalue weighted by Gasteiger charge is 2.13. The van der Waals surface area contributed by atoms with Gasteiger partial charge in [0.1, 0.15) is 5.75 Å². The number of unbranched alkanes of at least 4 members (excludes halogenated alkanes) is 3. The van der Waals surface area contributed by atoms with Crippen molar-refractivity contribution in [3.05, 3.63) is 29.8 Å². The minimum Gasteiger partial charge on any atom is -0.494 e. The Balaban J connectivity index is 2.24. The van der Waals surface area contributed by atoms with E-state index in [2.05, 4.69) is 32.9 Å². The molecule has 0 atom stereocenters. The van der Waals surface area contributed by atoms with Gasteiger partial charge < -0.3 is 4.74 Å². The number of primary sulfonamides is 1. The average molecular weight is 313 g/mol. The van der Waals surface area contributed by atoms with Crippen molar-refractivity contribution in [2.45, 2.75) is 51.9 Å². The topological polar surface area (TPSA) is 69.4 Å². The summed E-state index contributed by atoms with van der Waals surface area (Å²) < 4.78 is 27.3. The Kier molecular flexibility index (Phi) is 6.68. The van der Waals surface area contributed by atoms with E-state index < -0.39 is 10.0 Å². The van der Waals surface area contributed by atoms with Gasteiger partial charge in [0.25, 0.3) is 0 Å². The van der Waals surface area contributed by atoms with Crippen LogP contribution in [0, 0.1) is 0 Å². The molecule has 0 saturated carbocycles. The minimum atomic E-state index is -3.31. The molecule has 5 heteroatoms. The third kappa shape index (κ3) is 8.07. The number of rotatable bonds is 8. The van der Waals surface area contributed by atoms with Crippen LogP contribution in [0.1, 0.15) is 52.0 Å². The second-order valence-corrected chi connectivity index (χ2v) is 8.14. The normalized spacial score (nSPS) is 12.4. The van der Waals surface area contributed by atoms with E-state index in [1.54, 1.807) is 0 Å². The van der Waals surface area contributed by atoms with E-state index in [4.69, 9.17) is 9.88 Å². The summed E-state index contributed by atoms with van der Waals surface area (Å²) in [4.78, 5) is 0. The van der Waals surface area contributed by atoms with Crippen LogP contribution in [0.25, 0.3) is 0 Å². The first-order chi connectivity index (χ1) is 9.68. The lowest BCUT2D eigenvalue weighted by Gasteiger charge is -2.19. The fourth-order valence-corrected chi connectivity index (χ4v) is 2.61. The van der Waals surface area contributed by atoms with Gasteiger partial charge in [0.05, 0.1) is 12.4 Å². The summed E-state index contributed by atoms with van der Waals surface area (Å²) in [6, 6.07) is 8.18. The lowest BCUT2D eigenvalue weighted by Crippen LogP contribution is -2.16. The van der Waals surface area contributed by atoms with Gasteiger partial charge in [-0.3, -0.25) is 0 Å². The Hall–Kier alpha value is -1.07. The van der Waals surface area contributed by atoms with E-state index in [-0.39, 0.29) is 11.2 Å². The molecular weight excluding hydrogens is 286 g/mol. The predicted octanol–water partition coefficient (Wildman–Crippen LogP) is 3.21. The second-order valence-electron chi connectivity index (χ2n) is 6.41.